The minimum absolute atomic E-state index is 0.0443. The fourth-order valence-electron chi connectivity index (χ4n) is 2.96. The summed E-state index contributed by atoms with van der Waals surface area (Å²) < 4.78 is 0. The highest BCUT2D eigenvalue weighted by Crippen LogP contribution is 2.35. The van der Waals surface area contributed by atoms with E-state index < -0.39 is 0 Å². The van der Waals surface area contributed by atoms with Gasteiger partial charge in [0.1, 0.15) is 0 Å². The maximum atomic E-state index is 4.48. The summed E-state index contributed by atoms with van der Waals surface area (Å²) in [4.78, 5) is 0. The number of H-pyrrole nitrogens is 1. The van der Waals surface area contributed by atoms with Gasteiger partial charge in [-0.1, -0.05) is 30.3 Å². The molecular weight excluding hydrogens is 246 g/mol. The van der Waals surface area contributed by atoms with Gasteiger partial charge in [-0.2, -0.15) is 5.10 Å². The van der Waals surface area contributed by atoms with E-state index in [0.717, 1.165) is 18.7 Å². The Labute approximate surface area is 120 Å². The van der Waals surface area contributed by atoms with Crippen LogP contribution in [0.15, 0.2) is 30.3 Å². The quantitative estimate of drug-likeness (QED) is 0.868. The van der Waals surface area contributed by atoms with Crippen LogP contribution in [0, 0.1) is 0 Å². The lowest BCUT2D eigenvalue weighted by Gasteiger charge is -2.25. The van der Waals surface area contributed by atoms with Crippen molar-refractivity contribution in [2.75, 3.05) is 5.32 Å². The Morgan fingerprint density at radius 2 is 1.95 bits per heavy atom. The minimum atomic E-state index is 0.0443. The normalized spacial score (nSPS) is 18.6. The Kier molecular flexibility index (Phi) is 3.28. The summed E-state index contributed by atoms with van der Waals surface area (Å²) in [5.41, 5.74) is 4.17. The van der Waals surface area contributed by atoms with E-state index in [1.165, 1.54) is 23.2 Å². The zero-order chi connectivity index (χ0) is 14.2. The van der Waals surface area contributed by atoms with E-state index in [0.29, 0.717) is 5.92 Å². The number of rotatable bonds is 2. The number of aromatic nitrogens is 2. The van der Waals surface area contributed by atoms with Crippen LogP contribution in [0.5, 0.6) is 0 Å². The van der Waals surface area contributed by atoms with Crippen molar-refractivity contribution in [3.63, 3.8) is 0 Å². The Balaban J connectivity index is 1.85. The standard InChI is InChI=1S/C17H23N3/c1-17(2,3)18-16-14-11-13(9-10-15(14)19-20-16)12-7-5-4-6-8-12/h4-8,13H,9-11H2,1-3H3,(H2,18,19,20). The number of hydrogen-bond acceptors (Lipinski definition) is 2. The number of fused-ring (bicyclic) bond motifs is 1. The number of anilines is 1. The van der Waals surface area contributed by atoms with E-state index in [-0.39, 0.29) is 5.54 Å². The van der Waals surface area contributed by atoms with E-state index in [4.69, 9.17) is 0 Å². The SMILES string of the molecule is CC(C)(C)Nc1n[nH]c2c1CC(c1ccccc1)CC2. The van der Waals surface area contributed by atoms with Crippen LogP contribution in [0.1, 0.15) is 49.9 Å². The molecule has 0 saturated carbocycles. The van der Waals surface area contributed by atoms with Crippen molar-refractivity contribution in [1.29, 1.82) is 0 Å². The van der Waals surface area contributed by atoms with Gasteiger partial charge >= 0.3 is 0 Å². The first-order valence-electron chi connectivity index (χ1n) is 7.42. The van der Waals surface area contributed by atoms with Gasteiger partial charge in [0.05, 0.1) is 0 Å². The molecule has 3 rings (SSSR count). The van der Waals surface area contributed by atoms with Gasteiger partial charge in [-0.25, -0.2) is 0 Å². The largest absolute Gasteiger partial charge is 0.364 e. The molecule has 3 nitrogen and oxygen atoms in total. The molecule has 1 aliphatic rings. The molecule has 1 atom stereocenters. The van der Waals surface area contributed by atoms with Crippen LogP contribution in [0.2, 0.25) is 0 Å². The molecule has 1 unspecified atom stereocenters. The van der Waals surface area contributed by atoms with Crippen molar-refractivity contribution in [2.45, 2.75) is 51.5 Å². The highest BCUT2D eigenvalue weighted by Gasteiger charge is 2.26. The number of aromatic amines is 1. The van der Waals surface area contributed by atoms with Gasteiger partial charge in [-0.15, -0.1) is 0 Å². The molecular formula is C17H23N3. The number of aryl methyl sites for hydroxylation is 1. The van der Waals surface area contributed by atoms with E-state index in [2.05, 4.69) is 66.6 Å². The molecule has 1 aromatic heterocycles. The molecule has 20 heavy (non-hydrogen) atoms. The summed E-state index contributed by atoms with van der Waals surface area (Å²) in [5, 5.41) is 11.2. The highest BCUT2D eigenvalue weighted by atomic mass is 15.2. The molecule has 2 N–H and O–H groups in total. The molecule has 0 amide bonds. The highest BCUT2D eigenvalue weighted by molar-refractivity contribution is 5.50. The van der Waals surface area contributed by atoms with Crippen LogP contribution in [0.4, 0.5) is 5.82 Å². The van der Waals surface area contributed by atoms with Gasteiger partial charge < -0.3 is 5.32 Å². The van der Waals surface area contributed by atoms with Crippen molar-refractivity contribution in [2.24, 2.45) is 0 Å². The van der Waals surface area contributed by atoms with Crippen LogP contribution in [-0.4, -0.2) is 15.7 Å². The van der Waals surface area contributed by atoms with E-state index in [1.54, 1.807) is 0 Å². The molecule has 0 bridgehead atoms. The average molecular weight is 269 g/mol. The maximum absolute atomic E-state index is 4.48. The number of nitrogens with one attached hydrogen (secondary N) is 2. The van der Waals surface area contributed by atoms with Gasteiger partial charge in [-0.05, 0) is 51.5 Å². The Morgan fingerprint density at radius 3 is 2.65 bits per heavy atom. The fraction of sp³-hybridized carbons (Fsp3) is 0.471. The predicted octanol–water partition coefficient (Wildman–Crippen LogP) is 3.89. The number of hydrogen-bond donors (Lipinski definition) is 2. The molecule has 1 aliphatic carbocycles. The molecule has 1 heterocycles. The third-order valence-corrected chi connectivity index (χ3v) is 3.91. The van der Waals surface area contributed by atoms with E-state index >= 15 is 0 Å². The topological polar surface area (TPSA) is 40.7 Å². The minimum Gasteiger partial charge on any atom is -0.364 e. The summed E-state index contributed by atoms with van der Waals surface area (Å²) in [5.74, 6) is 1.65. The third-order valence-electron chi connectivity index (χ3n) is 3.91. The Bertz CT molecular complexity index is 578. The van der Waals surface area contributed by atoms with Gasteiger partial charge in [0.25, 0.3) is 0 Å². The average Bonchev–Trinajstić information content (AvgIpc) is 2.80. The van der Waals surface area contributed by atoms with Crippen LogP contribution in [0.3, 0.4) is 0 Å². The van der Waals surface area contributed by atoms with E-state index in [1.807, 2.05) is 0 Å². The summed E-state index contributed by atoms with van der Waals surface area (Å²) in [6.45, 7) is 6.52. The van der Waals surface area contributed by atoms with Crippen LogP contribution >= 0.6 is 0 Å². The monoisotopic (exact) mass is 269 g/mol. The van der Waals surface area contributed by atoms with Crippen LogP contribution in [0.25, 0.3) is 0 Å². The van der Waals surface area contributed by atoms with Crippen molar-refractivity contribution in [3.05, 3.63) is 47.2 Å². The number of benzene rings is 1. The lowest BCUT2D eigenvalue weighted by atomic mass is 9.82. The molecule has 2 aromatic rings. The summed E-state index contributed by atoms with van der Waals surface area (Å²) in [6, 6.07) is 10.8. The number of nitrogens with zero attached hydrogens (tertiary/aromatic N) is 1. The van der Waals surface area contributed by atoms with E-state index in [9.17, 15) is 0 Å². The molecule has 0 saturated heterocycles. The fourth-order valence-corrected chi connectivity index (χ4v) is 2.96. The lowest BCUT2D eigenvalue weighted by Crippen LogP contribution is -2.27. The Morgan fingerprint density at radius 1 is 1.20 bits per heavy atom. The van der Waals surface area contributed by atoms with Crippen LogP contribution < -0.4 is 5.32 Å². The van der Waals surface area contributed by atoms with Crippen molar-refractivity contribution < 1.29 is 0 Å². The first-order chi connectivity index (χ1) is 9.53. The molecule has 0 radical (unpaired) electrons. The second-order valence-corrected chi connectivity index (χ2v) is 6.75. The summed E-state index contributed by atoms with van der Waals surface area (Å²) >= 11 is 0. The first-order valence-corrected chi connectivity index (χ1v) is 7.42. The molecule has 1 aromatic carbocycles. The molecule has 0 spiro atoms. The predicted molar refractivity (Wildman–Crippen MR) is 83.2 cm³/mol. The maximum Gasteiger partial charge on any atom is 0.151 e. The van der Waals surface area contributed by atoms with Gasteiger partial charge in [-0.3, -0.25) is 5.10 Å². The smallest absolute Gasteiger partial charge is 0.151 e. The third kappa shape index (κ3) is 2.72. The summed E-state index contributed by atoms with van der Waals surface area (Å²) in [7, 11) is 0. The van der Waals surface area contributed by atoms with Crippen LogP contribution in [-0.2, 0) is 12.8 Å². The molecule has 106 valence electrons. The zero-order valence-corrected chi connectivity index (χ0v) is 12.5. The summed E-state index contributed by atoms with van der Waals surface area (Å²) in [6.07, 6.45) is 3.37. The van der Waals surface area contributed by atoms with Gasteiger partial charge in [0, 0.05) is 16.8 Å². The second kappa shape index (κ2) is 4.97. The van der Waals surface area contributed by atoms with Crippen molar-refractivity contribution in [1.82, 2.24) is 10.2 Å². The van der Waals surface area contributed by atoms with Crippen molar-refractivity contribution >= 4 is 5.82 Å². The molecule has 3 heteroatoms. The molecule has 0 fully saturated rings. The second-order valence-electron chi connectivity index (χ2n) is 6.75. The first kappa shape index (κ1) is 13.2. The van der Waals surface area contributed by atoms with Crippen molar-refractivity contribution in [3.8, 4) is 0 Å². The van der Waals surface area contributed by atoms with Gasteiger partial charge in [0.15, 0.2) is 5.82 Å². The Hall–Kier alpha value is -1.77. The zero-order valence-electron chi connectivity index (χ0n) is 12.5. The lowest BCUT2D eigenvalue weighted by molar-refractivity contribution is 0.577. The van der Waals surface area contributed by atoms with Gasteiger partial charge in [0.2, 0.25) is 0 Å². The molecule has 0 aliphatic heterocycles.